The number of nitrogens with one attached hydrogen (secondary N) is 1. The van der Waals surface area contributed by atoms with Crippen LogP contribution in [0.1, 0.15) is 5.56 Å². The molecule has 0 fully saturated rings. The Morgan fingerprint density at radius 1 is 1.35 bits per heavy atom. The Morgan fingerprint density at radius 3 is 2.65 bits per heavy atom. The quantitative estimate of drug-likeness (QED) is 0.715. The lowest BCUT2D eigenvalue weighted by Gasteiger charge is -2.23. The van der Waals surface area contributed by atoms with Gasteiger partial charge in [0.1, 0.15) is 11.5 Å². The van der Waals surface area contributed by atoms with Crippen LogP contribution in [0.3, 0.4) is 0 Å². The zero-order valence-corrected chi connectivity index (χ0v) is 12.2. The number of ether oxygens (including phenoxy) is 2. The minimum Gasteiger partial charge on any atom is -0.497 e. The van der Waals surface area contributed by atoms with Crippen LogP contribution in [0.5, 0.6) is 11.5 Å². The first-order chi connectivity index (χ1) is 9.65. The zero-order chi connectivity index (χ0) is 15.0. The Hall–Kier alpha value is -1.79. The van der Waals surface area contributed by atoms with E-state index in [-0.39, 0.29) is 25.6 Å². The van der Waals surface area contributed by atoms with Gasteiger partial charge in [-0.2, -0.15) is 0 Å². The van der Waals surface area contributed by atoms with E-state index in [4.69, 9.17) is 14.6 Å². The molecule has 0 spiro atoms. The van der Waals surface area contributed by atoms with Crippen molar-refractivity contribution in [1.82, 2.24) is 10.2 Å². The molecule has 0 aromatic heterocycles. The third kappa shape index (κ3) is 4.40. The molecule has 1 aromatic carbocycles. The highest BCUT2D eigenvalue weighted by molar-refractivity contribution is 5.78. The van der Waals surface area contributed by atoms with Gasteiger partial charge in [0.15, 0.2) is 0 Å². The maximum Gasteiger partial charge on any atom is 0.236 e. The van der Waals surface area contributed by atoms with Gasteiger partial charge in [-0.3, -0.25) is 4.79 Å². The average molecular weight is 282 g/mol. The highest BCUT2D eigenvalue weighted by atomic mass is 16.5. The van der Waals surface area contributed by atoms with Gasteiger partial charge in [-0.15, -0.1) is 0 Å². The molecule has 0 heterocycles. The highest BCUT2D eigenvalue weighted by Gasteiger charge is 2.15. The van der Waals surface area contributed by atoms with Gasteiger partial charge in [0.25, 0.3) is 0 Å². The van der Waals surface area contributed by atoms with Crippen LogP contribution in [0.4, 0.5) is 0 Å². The summed E-state index contributed by atoms with van der Waals surface area (Å²) in [4.78, 5) is 13.5. The molecule has 20 heavy (non-hydrogen) atoms. The predicted octanol–water partition coefficient (Wildman–Crippen LogP) is 0.244. The minimum absolute atomic E-state index is 0.0774. The van der Waals surface area contributed by atoms with Crippen LogP contribution in [0.15, 0.2) is 18.2 Å². The number of aliphatic hydroxyl groups is 1. The van der Waals surface area contributed by atoms with Gasteiger partial charge < -0.3 is 24.8 Å². The largest absolute Gasteiger partial charge is 0.497 e. The molecule has 0 aliphatic rings. The molecule has 6 nitrogen and oxygen atoms in total. The number of benzene rings is 1. The predicted molar refractivity (Wildman–Crippen MR) is 76.0 cm³/mol. The maximum absolute atomic E-state index is 12.0. The van der Waals surface area contributed by atoms with E-state index in [1.165, 1.54) is 0 Å². The summed E-state index contributed by atoms with van der Waals surface area (Å²) in [6.07, 6.45) is 0. The van der Waals surface area contributed by atoms with Crippen LogP contribution < -0.4 is 14.8 Å². The molecule has 0 saturated heterocycles. The maximum atomic E-state index is 12.0. The van der Waals surface area contributed by atoms with Gasteiger partial charge in [-0.05, 0) is 25.2 Å². The molecule has 112 valence electrons. The topological polar surface area (TPSA) is 71.0 Å². The fourth-order valence-electron chi connectivity index (χ4n) is 1.89. The molecule has 1 rings (SSSR count). The van der Waals surface area contributed by atoms with E-state index in [2.05, 4.69) is 5.32 Å². The molecule has 0 saturated carbocycles. The van der Waals surface area contributed by atoms with Crippen LogP contribution in [-0.4, -0.2) is 56.9 Å². The molecule has 1 amide bonds. The summed E-state index contributed by atoms with van der Waals surface area (Å²) in [6.45, 7) is 0.788. The normalized spacial score (nSPS) is 10.2. The summed E-state index contributed by atoms with van der Waals surface area (Å²) in [6, 6.07) is 5.43. The molecule has 0 aliphatic heterocycles. The van der Waals surface area contributed by atoms with Crippen molar-refractivity contribution < 1.29 is 19.4 Å². The summed E-state index contributed by atoms with van der Waals surface area (Å²) < 4.78 is 10.5. The van der Waals surface area contributed by atoms with E-state index >= 15 is 0 Å². The van der Waals surface area contributed by atoms with Crippen molar-refractivity contribution in [2.24, 2.45) is 0 Å². The zero-order valence-electron chi connectivity index (χ0n) is 12.2. The minimum atomic E-state index is -0.0816. The van der Waals surface area contributed by atoms with Crippen LogP contribution in [0, 0.1) is 0 Å². The van der Waals surface area contributed by atoms with Crippen LogP contribution >= 0.6 is 0 Å². The first-order valence-corrected chi connectivity index (χ1v) is 6.40. The van der Waals surface area contributed by atoms with E-state index in [1.807, 2.05) is 6.07 Å². The van der Waals surface area contributed by atoms with Crippen molar-refractivity contribution in [2.45, 2.75) is 6.54 Å². The number of hydrogen-bond acceptors (Lipinski definition) is 5. The number of carbonyl (C=O) groups excluding carboxylic acids is 1. The number of nitrogens with zero attached hydrogens (tertiary/aromatic N) is 1. The molecule has 0 bridgehead atoms. The Labute approximate surface area is 119 Å². The number of methoxy groups -OCH3 is 2. The van der Waals surface area contributed by atoms with Crippen LogP contribution in [-0.2, 0) is 11.3 Å². The summed E-state index contributed by atoms with van der Waals surface area (Å²) in [5, 5.41) is 11.9. The summed E-state index contributed by atoms with van der Waals surface area (Å²) in [7, 11) is 4.88. The van der Waals surface area contributed by atoms with E-state index < -0.39 is 0 Å². The molecular weight excluding hydrogens is 260 g/mol. The Balaban J connectivity index is 2.93. The van der Waals surface area contributed by atoms with Crippen molar-refractivity contribution >= 4 is 5.91 Å². The Morgan fingerprint density at radius 2 is 2.10 bits per heavy atom. The lowest BCUT2D eigenvalue weighted by Crippen LogP contribution is -2.38. The standard InChI is InChI=1S/C14H22N2O4/c1-15-9-14(18)16(6-7-17)10-11-8-12(19-2)4-5-13(11)20-3/h4-5,8,15,17H,6-7,9-10H2,1-3H3. The first kappa shape index (κ1) is 16.3. The Kier molecular flexibility index (Phi) is 6.83. The van der Waals surface area contributed by atoms with Gasteiger partial charge in [0, 0.05) is 18.7 Å². The number of hydrogen-bond donors (Lipinski definition) is 2. The lowest BCUT2D eigenvalue weighted by molar-refractivity contribution is -0.131. The monoisotopic (exact) mass is 282 g/mol. The van der Waals surface area contributed by atoms with Gasteiger partial charge in [0.2, 0.25) is 5.91 Å². The second-order valence-electron chi connectivity index (χ2n) is 4.25. The van der Waals surface area contributed by atoms with Gasteiger partial charge in [0.05, 0.1) is 27.4 Å². The number of amides is 1. The number of likely N-dealkylation sites (N-methyl/N-ethyl adjacent to an activating group) is 1. The lowest BCUT2D eigenvalue weighted by atomic mass is 10.1. The van der Waals surface area contributed by atoms with Crippen molar-refractivity contribution in [3.05, 3.63) is 23.8 Å². The number of aliphatic hydroxyl groups excluding tert-OH is 1. The second kappa shape index (κ2) is 8.39. The molecule has 0 radical (unpaired) electrons. The van der Waals surface area contributed by atoms with Crippen molar-refractivity contribution in [3.8, 4) is 11.5 Å². The fraction of sp³-hybridized carbons (Fsp3) is 0.500. The Bertz CT molecular complexity index is 437. The van der Waals surface area contributed by atoms with Crippen LogP contribution in [0.2, 0.25) is 0 Å². The summed E-state index contributed by atoms with van der Waals surface area (Å²) in [5.41, 5.74) is 0.838. The molecule has 2 N–H and O–H groups in total. The first-order valence-electron chi connectivity index (χ1n) is 6.40. The smallest absolute Gasteiger partial charge is 0.236 e. The molecule has 0 aliphatic carbocycles. The highest BCUT2D eigenvalue weighted by Crippen LogP contribution is 2.25. The molecule has 0 unspecified atom stereocenters. The molecular formula is C14H22N2O4. The fourth-order valence-corrected chi connectivity index (χ4v) is 1.89. The third-order valence-corrected chi connectivity index (χ3v) is 2.90. The molecule has 6 heteroatoms. The van der Waals surface area contributed by atoms with Crippen molar-refractivity contribution in [3.63, 3.8) is 0 Å². The molecule has 0 atom stereocenters. The van der Waals surface area contributed by atoms with E-state index in [0.717, 1.165) is 5.56 Å². The van der Waals surface area contributed by atoms with Gasteiger partial charge in [-0.1, -0.05) is 0 Å². The van der Waals surface area contributed by atoms with Gasteiger partial charge >= 0.3 is 0 Å². The summed E-state index contributed by atoms with van der Waals surface area (Å²) >= 11 is 0. The number of carbonyl (C=O) groups is 1. The number of rotatable bonds is 8. The van der Waals surface area contributed by atoms with E-state index in [0.29, 0.717) is 18.0 Å². The molecule has 1 aromatic rings. The van der Waals surface area contributed by atoms with Crippen molar-refractivity contribution in [2.75, 3.05) is 41.0 Å². The average Bonchev–Trinajstić information content (AvgIpc) is 2.46. The van der Waals surface area contributed by atoms with Crippen molar-refractivity contribution in [1.29, 1.82) is 0 Å². The third-order valence-electron chi connectivity index (χ3n) is 2.90. The van der Waals surface area contributed by atoms with E-state index in [9.17, 15) is 4.79 Å². The van der Waals surface area contributed by atoms with E-state index in [1.54, 1.807) is 38.3 Å². The second-order valence-corrected chi connectivity index (χ2v) is 4.25. The van der Waals surface area contributed by atoms with Crippen LogP contribution in [0.25, 0.3) is 0 Å². The summed E-state index contributed by atoms with van der Waals surface area (Å²) in [5.74, 6) is 1.31. The SMILES string of the molecule is CNCC(=O)N(CCO)Cc1cc(OC)ccc1OC. The van der Waals surface area contributed by atoms with Gasteiger partial charge in [-0.25, -0.2) is 0 Å².